The van der Waals surface area contributed by atoms with Gasteiger partial charge in [0.15, 0.2) is 6.10 Å². The standard InChI is InChI=1S/C14H27NO4/c1-3-4-5-6-7-8-9-10-13(16)15-11-12(19-2)14(17)18/h12H,3-11H2,1-2H3,(H,15,16)(H,17,18). The van der Waals surface area contributed by atoms with E-state index in [9.17, 15) is 9.59 Å². The van der Waals surface area contributed by atoms with Crippen molar-refractivity contribution in [1.29, 1.82) is 0 Å². The molecule has 5 heteroatoms. The first-order chi connectivity index (χ1) is 9.11. The van der Waals surface area contributed by atoms with Crippen LogP contribution in [0.2, 0.25) is 0 Å². The van der Waals surface area contributed by atoms with Crippen LogP contribution < -0.4 is 5.32 Å². The van der Waals surface area contributed by atoms with E-state index in [-0.39, 0.29) is 12.5 Å². The number of carboxylic acid groups (broad SMARTS) is 1. The Hall–Kier alpha value is -1.10. The number of ether oxygens (including phenoxy) is 1. The Morgan fingerprint density at radius 3 is 2.21 bits per heavy atom. The van der Waals surface area contributed by atoms with Crippen LogP contribution in [0.25, 0.3) is 0 Å². The third-order valence-electron chi connectivity index (χ3n) is 3.05. The average molecular weight is 273 g/mol. The van der Waals surface area contributed by atoms with Gasteiger partial charge in [0.05, 0.1) is 6.54 Å². The van der Waals surface area contributed by atoms with Gasteiger partial charge >= 0.3 is 5.97 Å². The molecule has 0 aliphatic heterocycles. The molecular weight excluding hydrogens is 246 g/mol. The number of nitrogens with one attached hydrogen (secondary N) is 1. The smallest absolute Gasteiger partial charge is 0.334 e. The molecule has 19 heavy (non-hydrogen) atoms. The van der Waals surface area contributed by atoms with Crippen LogP contribution in [0.4, 0.5) is 0 Å². The monoisotopic (exact) mass is 273 g/mol. The normalized spacial score (nSPS) is 12.1. The number of rotatable bonds is 12. The molecule has 0 aromatic rings. The lowest BCUT2D eigenvalue weighted by Crippen LogP contribution is -2.37. The zero-order valence-electron chi connectivity index (χ0n) is 12.1. The summed E-state index contributed by atoms with van der Waals surface area (Å²) in [4.78, 5) is 22.1. The predicted octanol–water partition coefficient (Wildman–Crippen LogP) is 2.34. The van der Waals surface area contributed by atoms with Crippen molar-refractivity contribution in [2.24, 2.45) is 0 Å². The molecule has 0 aliphatic rings. The van der Waals surface area contributed by atoms with Gasteiger partial charge < -0.3 is 15.2 Å². The molecule has 1 unspecified atom stereocenters. The van der Waals surface area contributed by atoms with Gasteiger partial charge in [-0.25, -0.2) is 4.79 Å². The Kier molecular flexibility index (Phi) is 11.3. The highest BCUT2D eigenvalue weighted by molar-refractivity contribution is 5.78. The fourth-order valence-corrected chi connectivity index (χ4v) is 1.81. The number of aliphatic carboxylic acids is 1. The van der Waals surface area contributed by atoms with Gasteiger partial charge in [0, 0.05) is 13.5 Å². The third kappa shape index (κ3) is 10.5. The van der Waals surface area contributed by atoms with E-state index in [2.05, 4.69) is 12.2 Å². The highest BCUT2D eigenvalue weighted by atomic mass is 16.5. The van der Waals surface area contributed by atoms with Gasteiger partial charge in [-0.2, -0.15) is 0 Å². The largest absolute Gasteiger partial charge is 0.479 e. The summed E-state index contributed by atoms with van der Waals surface area (Å²) >= 11 is 0. The molecule has 0 spiro atoms. The van der Waals surface area contributed by atoms with E-state index < -0.39 is 12.1 Å². The second kappa shape index (κ2) is 12.0. The molecule has 0 bridgehead atoms. The summed E-state index contributed by atoms with van der Waals surface area (Å²) in [6.45, 7) is 2.22. The van der Waals surface area contributed by atoms with Crippen LogP contribution in [0.1, 0.15) is 58.3 Å². The van der Waals surface area contributed by atoms with Crippen LogP contribution in [0.5, 0.6) is 0 Å². The fraction of sp³-hybridized carbons (Fsp3) is 0.857. The molecule has 1 atom stereocenters. The molecule has 1 amide bonds. The highest BCUT2D eigenvalue weighted by Gasteiger charge is 2.16. The average Bonchev–Trinajstić information content (AvgIpc) is 2.38. The van der Waals surface area contributed by atoms with Crippen molar-refractivity contribution < 1.29 is 19.4 Å². The van der Waals surface area contributed by atoms with Crippen molar-refractivity contribution in [1.82, 2.24) is 5.32 Å². The van der Waals surface area contributed by atoms with E-state index in [4.69, 9.17) is 9.84 Å². The number of methoxy groups -OCH3 is 1. The molecular formula is C14H27NO4. The van der Waals surface area contributed by atoms with Gasteiger partial charge in [-0.15, -0.1) is 0 Å². The Labute approximate surface area is 115 Å². The summed E-state index contributed by atoms with van der Waals surface area (Å²) in [6, 6.07) is 0. The van der Waals surface area contributed by atoms with Crippen molar-refractivity contribution in [3.05, 3.63) is 0 Å². The second-order valence-electron chi connectivity index (χ2n) is 4.74. The van der Waals surface area contributed by atoms with Crippen molar-refractivity contribution in [3.8, 4) is 0 Å². The molecule has 0 saturated heterocycles. The topological polar surface area (TPSA) is 75.6 Å². The Balaban J connectivity index is 3.46. The van der Waals surface area contributed by atoms with Gasteiger partial charge in [-0.3, -0.25) is 4.79 Å². The van der Waals surface area contributed by atoms with E-state index in [1.54, 1.807) is 0 Å². The zero-order chi connectivity index (χ0) is 14.5. The van der Waals surface area contributed by atoms with Crippen LogP contribution in [0.15, 0.2) is 0 Å². The summed E-state index contributed by atoms with van der Waals surface area (Å²) in [6.07, 6.45) is 7.63. The van der Waals surface area contributed by atoms with Gasteiger partial charge in [0.25, 0.3) is 0 Å². The molecule has 2 N–H and O–H groups in total. The summed E-state index contributed by atoms with van der Waals surface area (Å²) in [5.41, 5.74) is 0. The summed E-state index contributed by atoms with van der Waals surface area (Å²) in [5.74, 6) is -1.16. The first-order valence-corrected chi connectivity index (χ1v) is 7.14. The first kappa shape index (κ1) is 17.9. The number of amides is 1. The van der Waals surface area contributed by atoms with Gasteiger partial charge in [0.1, 0.15) is 0 Å². The number of hydrogen-bond donors (Lipinski definition) is 2. The Bertz CT molecular complexity index is 256. The minimum atomic E-state index is -1.06. The number of carboxylic acids is 1. The molecule has 0 aliphatic carbocycles. The van der Waals surface area contributed by atoms with Gasteiger partial charge in [-0.1, -0.05) is 45.4 Å². The maximum Gasteiger partial charge on any atom is 0.334 e. The van der Waals surface area contributed by atoms with E-state index in [1.807, 2.05) is 0 Å². The number of unbranched alkanes of at least 4 members (excludes halogenated alkanes) is 6. The minimum absolute atomic E-state index is 0.0289. The van der Waals surface area contributed by atoms with Crippen LogP contribution in [0, 0.1) is 0 Å². The number of carbonyl (C=O) groups is 2. The summed E-state index contributed by atoms with van der Waals surface area (Å²) in [5, 5.41) is 11.3. The van der Waals surface area contributed by atoms with Crippen LogP contribution >= 0.6 is 0 Å². The van der Waals surface area contributed by atoms with Crippen molar-refractivity contribution in [2.45, 2.75) is 64.4 Å². The van der Waals surface area contributed by atoms with Gasteiger partial charge in [0.2, 0.25) is 5.91 Å². The quantitative estimate of drug-likeness (QED) is 0.535. The molecule has 112 valence electrons. The lowest BCUT2D eigenvalue weighted by Gasteiger charge is -2.11. The van der Waals surface area contributed by atoms with Crippen LogP contribution in [-0.4, -0.2) is 36.7 Å². The van der Waals surface area contributed by atoms with Crippen LogP contribution in [-0.2, 0) is 14.3 Å². The van der Waals surface area contributed by atoms with Gasteiger partial charge in [-0.05, 0) is 6.42 Å². The Morgan fingerprint density at radius 1 is 1.11 bits per heavy atom. The van der Waals surface area contributed by atoms with E-state index in [1.165, 1.54) is 39.2 Å². The lowest BCUT2D eigenvalue weighted by molar-refractivity contribution is -0.148. The SMILES string of the molecule is CCCCCCCCCC(=O)NCC(OC)C(=O)O. The van der Waals surface area contributed by atoms with Crippen molar-refractivity contribution in [3.63, 3.8) is 0 Å². The second-order valence-corrected chi connectivity index (χ2v) is 4.74. The maximum absolute atomic E-state index is 11.5. The molecule has 0 aromatic heterocycles. The predicted molar refractivity (Wildman–Crippen MR) is 74.1 cm³/mol. The summed E-state index contributed by atoms with van der Waals surface area (Å²) in [7, 11) is 1.32. The molecule has 0 rings (SSSR count). The van der Waals surface area contributed by atoms with Crippen molar-refractivity contribution >= 4 is 11.9 Å². The molecule has 5 nitrogen and oxygen atoms in total. The minimum Gasteiger partial charge on any atom is -0.479 e. The maximum atomic E-state index is 11.5. The molecule has 0 heterocycles. The first-order valence-electron chi connectivity index (χ1n) is 7.14. The zero-order valence-corrected chi connectivity index (χ0v) is 12.1. The highest BCUT2D eigenvalue weighted by Crippen LogP contribution is 2.08. The van der Waals surface area contributed by atoms with E-state index >= 15 is 0 Å². The Morgan fingerprint density at radius 2 is 1.68 bits per heavy atom. The molecule has 0 aromatic carbocycles. The molecule has 0 radical (unpaired) electrons. The molecule has 0 saturated carbocycles. The van der Waals surface area contributed by atoms with Crippen molar-refractivity contribution in [2.75, 3.05) is 13.7 Å². The lowest BCUT2D eigenvalue weighted by atomic mass is 10.1. The fourth-order valence-electron chi connectivity index (χ4n) is 1.81. The molecule has 0 fully saturated rings. The number of hydrogen-bond acceptors (Lipinski definition) is 3. The van der Waals surface area contributed by atoms with E-state index in [0.29, 0.717) is 6.42 Å². The number of carbonyl (C=O) groups excluding carboxylic acids is 1. The summed E-state index contributed by atoms with van der Waals surface area (Å²) < 4.78 is 4.73. The van der Waals surface area contributed by atoms with E-state index in [0.717, 1.165) is 12.8 Å². The third-order valence-corrected chi connectivity index (χ3v) is 3.05. The van der Waals surface area contributed by atoms with Crippen LogP contribution in [0.3, 0.4) is 0 Å².